The number of hydrogen-bond acceptors (Lipinski definition) is 6. The van der Waals surface area contributed by atoms with E-state index in [0.29, 0.717) is 18.4 Å². The highest BCUT2D eigenvalue weighted by Gasteiger charge is 2.61. The second-order valence-electron chi connectivity index (χ2n) is 8.58. The van der Waals surface area contributed by atoms with Gasteiger partial charge in [0, 0.05) is 11.5 Å². The highest BCUT2D eigenvalue weighted by molar-refractivity contribution is 5.91. The summed E-state index contributed by atoms with van der Waals surface area (Å²) in [7, 11) is 0. The lowest BCUT2D eigenvalue weighted by Gasteiger charge is -2.27. The van der Waals surface area contributed by atoms with Crippen molar-refractivity contribution in [3.05, 3.63) is 23.8 Å². The van der Waals surface area contributed by atoms with Crippen molar-refractivity contribution in [3.8, 4) is 0 Å². The third-order valence-corrected chi connectivity index (χ3v) is 6.23. The van der Waals surface area contributed by atoms with Gasteiger partial charge in [0.25, 0.3) is 0 Å². The van der Waals surface area contributed by atoms with Crippen LogP contribution in [0.5, 0.6) is 0 Å². The second kappa shape index (κ2) is 7.06. The molecule has 6 heteroatoms. The van der Waals surface area contributed by atoms with Gasteiger partial charge in [-0.05, 0) is 52.0 Å². The summed E-state index contributed by atoms with van der Waals surface area (Å²) in [6.07, 6.45) is 3.49. The van der Waals surface area contributed by atoms with Gasteiger partial charge in [-0.2, -0.15) is 0 Å². The molecule has 0 aromatic rings. The summed E-state index contributed by atoms with van der Waals surface area (Å²) in [6, 6.07) is 0. The number of rotatable bonds is 4. The summed E-state index contributed by atoms with van der Waals surface area (Å²) in [5.74, 6) is -1.10. The molecule has 150 valence electrons. The molecule has 6 nitrogen and oxygen atoms in total. The fraction of sp³-hybridized carbons (Fsp3) is 0.714. The first-order chi connectivity index (χ1) is 12.6. The molecule has 1 N–H and O–H groups in total. The summed E-state index contributed by atoms with van der Waals surface area (Å²) < 4.78 is 17.2. The fourth-order valence-electron chi connectivity index (χ4n) is 3.96. The maximum atomic E-state index is 12.4. The summed E-state index contributed by atoms with van der Waals surface area (Å²) in [5.41, 5.74) is -0.0261. The van der Waals surface area contributed by atoms with Gasteiger partial charge in [0.15, 0.2) is 0 Å². The first kappa shape index (κ1) is 20.1. The quantitative estimate of drug-likeness (QED) is 0.350. The van der Waals surface area contributed by atoms with Gasteiger partial charge in [-0.3, -0.25) is 4.79 Å². The molecule has 0 aromatic heterocycles. The first-order valence-electron chi connectivity index (χ1n) is 9.72. The van der Waals surface area contributed by atoms with Gasteiger partial charge in [0.1, 0.15) is 18.3 Å². The molecule has 27 heavy (non-hydrogen) atoms. The number of carbonyl (C=O) groups excluding carboxylic acids is 2. The normalized spacial score (nSPS) is 40.0. The zero-order valence-electron chi connectivity index (χ0n) is 16.6. The number of ether oxygens (including phenoxy) is 3. The molecular weight excluding hydrogens is 348 g/mol. The average Bonchev–Trinajstić information content (AvgIpc) is 3.17. The van der Waals surface area contributed by atoms with Crippen LogP contribution in [0.15, 0.2) is 23.8 Å². The molecular formula is C21H30O6. The Morgan fingerprint density at radius 2 is 2.22 bits per heavy atom. The number of allylic oxidation sites excluding steroid dienone is 1. The van der Waals surface area contributed by atoms with Crippen molar-refractivity contribution in [1.82, 2.24) is 0 Å². The molecule has 3 aliphatic rings. The van der Waals surface area contributed by atoms with Crippen LogP contribution in [-0.2, 0) is 23.8 Å². The zero-order chi connectivity index (χ0) is 20.0. The highest BCUT2D eigenvalue weighted by atomic mass is 16.6. The molecule has 1 aliphatic carbocycles. The van der Waals surface area contributed by atoms with Crippen molar-refractivity contribution >= 4 is 11.9 Å². The van der Waals surface area contributed by atoms with Gasteiger partial charge < -0.3 is 19.3 Å². The lowest BCUT2D eigenvalue weighted by Crippen LogP contribution is -2.34. The number of fused-ring (bicyclic) bond motifs is 3. The number of hydrogen-bond donors (Lipinski definition) is 1. The van der Waals surface area contributed by atoms with Crippen molar-refractivity contribution in [2.75, 3.05) is 0 Å². The van der Waals surface area contributed by atoms with Crippen LogP contribution in [0.1, 0.15) is 59.8 Å². The van der Waals surface area contributed by atoms with E-state index in [0.717, 1.165) is 18.4 Å². The topological polar surface area (TPSA) is 85.4 Å². The molecule has 0 amide bonds. The molecule has 2 fully saturated rings. The summed E-state index contributed by atoms with van der Waals surface area (Å²) in [4.78, 5) is 24.5. The fourth-order valence-corrected chi connectivity index (χ4v) is 3.96. The maximum absolute atomic E-state index is 12.4. The smallest absolute Gasteiger partial charge is 0.334 e. The maximum Gasteiger partial charge on any atom is 0.334 e. The van der Waals surface area contributed by atoms with Crippen molar-refractivity contribution in [2.45, 2.75) is 89.3 Å². The van der Waals surface area contributed by atoms with Crippen molar-refractivity contribution in [2.24, 2.45) is 5.92 Å². The van der Waals surface area contributed by atoms with Crippen LogP contribution in [0, 0.1) is 5.92 Å². The standard InChI is InChI=1S/C21H30O6/c1-6-20(4,24)11-16(22)25-15-10-14-13(3)19(23)26-17(14)18-21(5,27-18)9-7-8-12(15)2/h8,14-15,17-18,24H,3,6-7,9-11H2,1-2,4-5H3/b12-8+/t14-,15-,17-,18-,20?,21+/m0/s1. The third kappa shape index (κ3) is 4.11. The second-order valence-corrected chi connectivity index (χ2v) is 8.58. The predicted octanol–water partition coefficient (Wildman–Crippen LogP) is 2.83. The molecule has 3 rings (SSSR count). The SMILES string of the molecule is C=C1C(=O)O[C@H]2[C@H]1C[C@H](OC(=O)CC(C)(O)CC)/C(C)=C/CC[C@@]1(C)O[C@@H]21. The molecule has 2 heterocycles. The molecule has 0 bridgehead atoms. The minimum absolute atomic E-state index is 0.0679. The number of aliphatic hydroxyl groups is 1. The van der Waals surface area contributed by atoms with Crippen LogP contribution in [0.2, 0.25) is 0 Å². The van der Waals surface area contributed by atoms with E-state index in [-0.39, 0.29) is 30.1 Å². The summed E-state index contributed by atoms with van der Waals surface area (Å²) in [6.45, 7) is 11.3. The van der Waals surface area contributed by atoms with E-state index in [1.54, 1.807) is 6.92 Å². The molecule has 2 saturated heterocycles. The molecule has 0 aromatic carbocycles. The lowest BCUT2D eigenvalue weighted by atomic mass is 9.83. The number of esters is 2. The Morgan fingerprint density at radius 3 is 2.89 bits per heavy atom. The van der Waals surface area contributed by atoms with E-state index >= 15 is 0 Å². The molecule has 0 saturated carbocycles. The lowest BCUT2D eigenvalue weighted by molar-refractivity contribution is -0.153. The van der Waals surface area contributed by atoms with Crippen LogP contribution in [0.3, 0.4) is 0 Å². The molecule has 2 aliphatic heterocycles. The summed E-state index contributed by atoms with van der Waals surface area (Å²) in [5, 5.41) is 10.2. The Labute approximate surface area is 160 Å². The van der Waals surface area contributed by atoms with E-state index in [9.17, 15) is 14.7 Å². The van der Waals surface area contributed by atoms with Gasteiger partial charge in [0.05, 0.1) is 17.6 Å². The Balaban J connectivity index is 1.80. The van der Waals surface area contributed by atoms with Gasteiger partial charge in [-0.15, -0.1) is 0 Å². The third-order valence-electron chi connectivity index (χ3n) is 6.23. The summed E-state index contributed by atoms with van der Waals surface area (Å²) >= 11 is 0. The molecule has 0 radical (unpaired) electrons. The zero-order valence-corrected chi connectivity index (χ0v) is 16.6. The van der Waals surface area contributed by atoms with Crippen molar-refractivity contribution in [1.29, 1.82) is 0 Å². The van der Waals surface area contributed by atoms with E-state index in [1.807, 2.05) is 20.8 Å². The van der Waals surface area contributed by atoms with Crippen molar-refractivity contribution < 1.29 is 28.9 Å². The number of carbonyl (C=O) groups is 2. The average molecular weight is 378 g/mol. The van der Waals surface area contributed by atoms with Crippen LogP contribution in [0.25, 0.3) is 0 Å². The predicted molar refractivity (Wildman–Crippen MR) is 98.8 cm³/mol. The van der Waals surface area contributed by atoms with Gasteiger partial charge >= 0.3 is 11.9 Å². The Kier molecular flexibility index (Phi) is 5.25. The molecule has 1 unspecified atom stereocenters. The minimum Gasteiger partial charge on any atom is -0.458 e. The molecule has 6 atom stereocenters. The van der Waals surface area contributed by atoms with Crippen LogP contribution >= 0.6 is 0 Å². The molecule has 0 spiro atoms. The van der Waals surface area contributed by atoms with Crippen LogP contribution < -0.4 is 0 Å². The van der Waals surface area contributed by atoms with Crippen LogP contribution in [0.4, 0.5) is 0 Å². The van der Waals surface area contributed by atoms with Gasteiger partial charge in [0.2, 0.25) is 0 Å². The monoisotopic (exact) mass is 378 g/mol. The number of epoxide rings is 1. The van der Waals surface area contributed by atoms with E-state index in [2.05, 4.69) is 12.7 Å². The minimum atomic E-state index is -1.09. The largest absolute Gasteiger partial charge is 0.458 e. The Morgan fingerprint density at radius 1 is 1.52 bits per heavy atom. The highest BCUT2D eigenvalue weighted by Crippen LogP contribution is 2.50. The van der Waals surface area contributed by atoms with Crippen LogP contribution in [-0.4, -0.2) is 46.6 Å². The van der Waals surface area contributed by atoms with Gasteiger partial charge in [-0.1, -0.05) is 19.6 Å². The van der Waals surface area contributed by atoms with E-state index < -0.39 is 23.6 Å². The Bertz CT molecular complexity index is 678. The first-order valence-corrected chi connectivity index (χ1v) is 9.72. The van der Waals surface area contributed by atoms with E-state index in [1.165, 1.54) is 0 Å². The van der Waals surface area contributed by atoms with Gasteiger partial charge in [-0.25, -0.2) is 4.79 Å². The van der Waals surface area contributed by atoms with Crippen molar-refractivity contribution in [3.63, 3.8) is 0 Å². The van der Waals surface area contributed by atoms with E-state index in [4.69, 9.17) is 14.2 Å². The Hall–Kier alpha value is -1.66.